The number of benzene rings is 2. The molecule has 0 amide bonds. The second-order valence-corrected chi connectivity index (χ2v) is 6.74. The van der Waals surface area contributed by atoms with Crippen molar-refractivity contribution >= 4 is 40.8 Å². The van der Waals surface area contributed by atoms with E-state index in [1.165, 1.54) is 5.56 Å². The highest BCUT2D eigenvalue weighted by Gasteiger charge is 2.07. The Kier molecular flexibility index (Phi) is 10.4. The van der Waals surface area contributed by atoms with Crippen LogP contribution in [0, 0.1) is 0 Å². The van der Waals surface area contributed by atoms with E-state index < -0.39 is 0 Å². The molecule has 0 aliphatic heterocycles. The normalized spacial score (nSPS) is 11.0. The number of aliphatic imine (C=N–C) groups is 1. The predicted octanol–water partition coefficient (Wildman–Crippen LogP) is 4.56. The van der Waals surface area contributed by atoms with Crippen LogP contribution in [0.15, 0.2) is 59.7 Å². The van der Waals surface area contributed by atoms with Crippen LogP contribution in [-0.4, -0.2) is 37.7 Å². The smallest absolute Gasteiger partial charge is 0.191 e. The van der Waals surface area contributed by atoms with Crippen molar-refractivity contribution < 1.29 is 9.47 Å². The Labute approximate surface area is 201 Å². The van der Waals surface area contributed by atoms with Crippen molar-refractivity contribution in [2.24, 2.45) is 4.99 Å². The van der Waals surface area contributed by atoms with Crippen molar-refractivity contribution in [3.63, 3.8) is 0 Å². The molecule has 1 aromatic heterocycles. The number of aromatic nitrogens is 1. The van der Waals surface area contributed by atoms with Crippen molar-refractivity contribution in [2.45, 2.75) is 26.8 Å². The van der Waals surface area contributed by atoms with Gasteiger partial charge in [-0.3, -0.25) is 9.98 Å². The average molecular weight is 534 g/mol. The molecule has 0 aliphatic rings. The van der Waals surface area contributed by atoms with Gasteiger partial charge in [0.25, 0.3) is 0 Å². The number of rotatable bonds is 9. The van der Waals surface area contributed by atoms with Gasteiger partial charge in [-0.25, -0.2) is 0 Å². The third-order valence-corrected chi connectivity index (χ3v) is 4.70. The summed E-state index contributed by atoms with van der Waals surface area (Å²) in [5, 5.41) is 7.89. The van der Waals surface area contributed by atoms with E-state index in [0.717, 1.165) is 46.9 Å². The fourth-order valence-electron chi connectivity index (χ4n) is 3.29. The quantitative estimate of drug-likeness (QED) is 0.240. The first kappa shape index (κ1) is 24.7. The van der Waals surface area contributed by atoms with Crippen LogP contribution in [0.4, 0.5) is 0 Å². The minimum atomic E-state index is 0. The Hall–Kier alpha value is -2.55. The number of nitrogens with zero attached hydrogens (tertiary/aromatic N) is 2. The number of para-hydroxylation sites is 1. The second kappa shape index (κ2) is 13.0. The van der Waals surface area contributed by atoms with Gasteiger partial charge in [0.15, 0.2) is 17.5 Å². The highest BCUT2D eigenvalue weighted by molar-refractivity contribution is 14.0. The molecule has 3 rings (SSSR count). The van der Waals surface area contributed by atoms with Crippen LogP contribution in [0.25, 0.3) is 10.9 Å². The van der Waals surface area contributed by atoms with E-state index in [1.54, 1.807) is 7.05 Å². The van der Waals surface area contributed by atoms with Gasteiger partial charge in [-0.15, -0.1) is 24.0 Å². The molecule has 0 spiro atoms. The Morgan fingerprint density at radius 2 is 1.74 bits per heavy atom. The molecule has 2 N–H and O–H groups in total. The summed E-state index contributed by atoms with van der Waals surface area (Å²) in [6, 6.07) is 16.4. The number of hydrogen-bond acceptors (Lipinski definition) is 4. The van der Waals surface area contributed by atoms with E-state index >= 15 is 0 Å². The summed E-state index contributed by atoms with van der Waals surface area (Å²) in [7, 11) is 1.78. The summed E-state index contributed by atoms with van der Waals surface area (Å²) >= 11 is 0. The lowest BCUT2D eigenvalue weighted by Gasteiger charge is -2.14. The lowest BCUT2D eigenvalue weighted by molar-refractivity contribution is 0.287. The fourth-order valence-corrected chi connectivity index (χ4v) is 3.29. The number of ether oxygens (including phenoxy) is 2. The van der Waals surface area contributed by atoms with Gasteiger partial charge in [0.05, 0.1) is 18.7 Å². The minimum Gasteiger partial charge on any atom is -0.490 e. The lowest BCUT2D eigenvalue weighted by Crippen LogP contribution is -2.37. The van der Waals surface area contributed by atoms with Gasteiger partial charge < -0.3 is 20.1 Å². The van der Waals surface area contributed by atoms with Gasteiger partial charge >= 0.3 is 0 Å². The van der Waals surface area contributed by atoms with Crippen LogP contribution in [0.3, 0.4) is 0 Å². The monoisotopic (exact) mass is 534 g/mol. The molecule has 3 aromatic rings. The van der Waals surface area contributed by atoms with Crippen molar-refractivity contribution in [3.8, 4) is 11.5 Å². The van der Waals surface area contributed by atoms with Gasteiger partial charge in [0, 0.05) is 31.7 Å². The number of halogens is 1. The summed E-state index contributed by atoms with van der Waals surface area (Å²) in [5.41, 5.74) is 3.34. The van der Waals surface area contributed by atoms with Crippen LogP contribution in [0.2, 0.25) is 0 Å². The number of fused-ring (bicyclic) bond motifs is 1. The maximum Gasteiger partial charge on any atom is 0.191 e. The zero-order valence-electron chi connectivity index (χ0n) is 18.4. The van der Waals surface area contributed by atoms with Crippen LogP contribution in [0.1, 0.15) is 25.0 Å². The van der Waals surface area contributed by atoms with Crippen LogP contribution >= 0.6 is 24.0 Å². The first-order valence-corrected chi connectivity index (χ1v) is 10.4. The van der Waals surface area contributed by atoms with E-state index in [1.807, 2.05) is 38.2 Å². The van der Waals surface area contributed by atoms with E-state index in [9.17, 15) is 0 Å². The predicted molar refractivity (Wildman–Crippen MR) is 138 cm³/mol. The molecule has 0 radical (unpaired) electrons. The lowest BCUT2D eigenvalue weighted by atomic mass is 10.1. The largest absolute Gasteiger partial charge is 0.490 e. The molecule has 0 unspecified atom stereocenters. The summed E-state index contributed by atoms with van der Waals surface area (Å²) < 4.78 is 11.3. The van der Waals surface area contributed by atoms with Crippen molar-refractivity contribution in [1.29, 1.82) is 0 Å². The van der Waals surface area contributed by atoms with Crippen molar-refractivity contribution in [1.82, 2.24) is 15.6 Å². The maximum absolute atomic E-state index is 5.71. The Morgan fingerprint density at radius 1 is 0.968 bits per heavy atom. The van der Waals surface area contributed by atoms with Crippen LogP contribution in [-0.2, 0) is 13.0 Å². The van der Waals surface area contributed by atoms with Crippen molar-refractivity contribution in [2.75, 3.05) is 26.8 Å². The van der Waals surface area contributed by atoms with Gasteiger partial charge in [-0.2, -0.15) is 0 Å². The van der Waals surface area contributed by atoms with E-state index in [2.05, 4.69) is 50.9 Å². The van der Waals surface area contributed by atoms with Crippen LogP contribution in [0.5, 0.6) is 11.5 Å². The summed E-state index contributed by atoms with van der Waals surface area (Å²) in [6.07, 6.45) is 2.68. The van der Waals surface area contributed by atoms with Crippen LogP contribution < -0.4 is 20.1 Å². The molecule has 2 aromatic carbocycles. The highest BCUT2D eigenvalue weighted by Crippen LogP contribution is 2.28. The maximum atomic E-state index is 5.71. The summed E-state index contributed by atoms with van der Waals surface area (Å²) in [5.74, 6) is 2.35. The Morgan fingerprint density at radius 3 is 2.52 bits per heavy atom. The van der Waals surface area contributed by atoms with E-state index in [0.29, 0.717) is 19.8 Å². The molecule has 31 heavy (non-hydrogen) atoms. The van der Waals surface area contributed by atoms with Gasteiger partial charge in [-0.1, -0.05) is 30.3 Å². The molecular weight excluding hydrogens is 503 g/mol. The molecule has 0 fully saturated rings. The SMILES string of the molecule is CCOc1ccc(CCNC(=NC)NCc2cccc3cccnc23)cc1OCC.I. The minimum absolute atomic E-state index is 0. The first-order chi connectivity index (χ1) is 14.7. The molecule has 166 valence electrons. The molecule has 0 bridgehead atoms. The molecule has 0 atom stereocenters. The molecule has 0 aliphatic carbocycles. The topological polar surface area (TPSA) is 67.8 Å². The Balaban J connectivity index is 0.00000341. The number of pyridine rings is 1. The number of guanidine groups is 1. The molecule has 7 heteroatoms. The van der Waals surface area contributed by atoms with E-state index in [4.69, 9.17) is 9.47 Å². The zero-order valence-corrected chi connectivity index (χ0v) is 20.7. The van der Waals surface area contributed by atoms with E-state index in [-0.39, 0.29) is 24.0 Å². The fraction of sp³-hybridized carbons (Fsp3) is 0.333. The number of hydrogen-bond donors (Lipinski definition) is 2. The molecule has 0 saturated carbocycles. The third kappa shape index (κ3) is 6.99. The molecule has 1 heterocycles. The highest BCUT2D eigenvalue weighted by atomic mass is 127. The van der Waals surface area contributed by atoms with Gasteiger partial charge in [0.1, 0.15) is 0 Å². The zero-order chi connectivity index (χ0) is 21.2. The van der Waals surface area contributed by atoms with Gasteiger partial charge in [-0.05, 0) is 49.6 Å². The second-order valence-electron chi connectivity index (χ2n) is 6.74. The summed E-state index contributed by atoms with van der Waals surface area (Å²) in [6.45, 7) is 6.60. The molecule has 6 nitrogen and oxygen atoms in total. The number of nitrogens with one attached hydrogen (secondary N) is 2. The standard InChI is InChI=1S/C24H30N4O2.HI/c1-4-29-21-12-11-18(16-22(21)30-5-2)13-15-27-24(25-3)28-17-20-9-6-8-19-10-7-14-26-23(19)20;/h6-12,14,16H,4-5,13,15,17H2,1-3H3,(H2,25,27,28);1H. The van der Waals surface area contributed by atoms with Crippen molar-refractivity contribution in [3.05, 3.63) is 65.9 Å². The van der Waals surface area contributed by atoms with Gasteiger partial charge in [0.2, 0.25) is 0 Å². The first-order valence-electron chi connectivity index (χ1n) is 10.4. The Bertz CT molecular complexity index is 989. The molecule has 0 saturated heterocycles. The third-order valence-electron chi connectivity index (χ3n) is 4.70. The average Bonchev–Trinajstić information content (AvgIpc) is 2.78. The molecular formula is C24H31IN4O2. The summed E-state index contributed by atoms with van der Waals surface area (Å²) in [4.78, 5) is 8.84.